The predicted octanol–water partition coefficient (Wildman–Crippen LogP) is 6.88. The van der Waals surface area contributed by atoms with E-state index in [1.54, 1.807) is 18.2 Å². The lowest BCUT2D eigenvalue weighted by Gasteiger charge is -2.15. The molecule has 6 nitrogen and oxygen atoms in total. The van der Waals surface area contributed by atoms with E-state index in [1.165, 1.54) is 39.5 Å². The van der Waals surface area contributed by atoms with Crippen LogP contribution in [0.5, 0.6) is 11.5 Å². The molecule has 2 aromatic carbocycles. The molecule has 0 aliphatic carbocycles. The zero-order valence-electron chi connectivity index (χ0n) is 18.4. The quantitative estimate of drug-likeness (QED) is 0.378. The molecule has 0 fully saturated rings. The van der Waals surface area contributed by atoms with Gasteiger partial charge in [0, 0.05) is 30.3 Å². The van der Waals surface area contributed by atoms with Gasteiger partial charge in [0.15, 0.2) is 0 Å². The first kappa shape index (κ1) is 24.4. The highest BCUT2D eigenvalue weighted by molar-refractivity contribution is 6.39. The summed E-state index contributed by atoms with van der Waals surface area (Å²) in [6, 6.07) is 10.2. The molecule has 0 aliphatic heterocycles. The zero-order chi connectivity index (χ0) is 24.1. The molecule has 0 bridgehead atoms. The fourth-order valence-electron chi connectivity index (χ4n) is 3.11. The highest BCUT2D eigenvalue weighted by Gasteiger charge is 2.17. The van der Waals surface area contributed by atoms with Gasteiger partial charge in [-0.15, -0.1) is 0 Å². The summed E-state index contributed by atoms with van der Waals surface area (Å²) >= 11 is 12.6. The summed E-state index contributed by atoms with van der Waals surface area (Å²) in [5.74, 6) is 0.311. The number of aromatic nitrogens is 1. The second-order valence-electron chi connectivity index (χ2n) is 7.05. The van der Waals surface area contributed by atoms with Crippen molar-refractivity contribution in [2.45, 2.75) is 13.8 Å². The van der Waals surface area contributed by atoms with E-state index in [4.69, 9.17) is 32.7 Å². The van der Waals surface area contributed by atoms with Gasteiger partial charge in [-0.05, 0) is 36.8 Å². The van der Waals surface area contributed by atoms with Crippen LogP contribution in [0.3, 0.4) is 0 Å². The second kappa shape index (κ2) is 10.6. The van der Waals surface area contributed by atoms with Crippen LogP contribution in [0.15, 0.2) is 42.6 Å². The van der Waals surface area contributed by atoms with Gasteiger partial charge in [0.2, 0.25) is 5.91 Å². The van der Waals surface area contributed by atoms with Gasteiger partial charge in [-0.25, -0.2) is 9.37 Å². The summed E-state index contributed by atoms with van der Waals surface area (Å²) in [4.78, 5) is 15.8. The normalized spacial score (nSPS) is 11.2. The average molecular weight is 490 g/mol. The molecule has 0 radical (unpaired) electrons. The molecule has 0 aliphatic rings. The number of halogens is 3. The number of nitrogens with zero attached hydrogens (tertiary/aromatic N) is 1. The van der Waals surface area contributed by atoms with Crippen LogP contribution in [0.4, 0.5) is 21.6 Å². The van der Waals surface area contributed by atoms with Crippen LogP contribution in [-0.4, -0.2) is 25.1 Å². The van der Waals surface area contributed by atoms with Crippen LogP contribution in [-0.2, 0) is 4.79 Å². The monoisotopic (exact) mass is 489 g/mol. The standard InChI is InChI=1S/C24H22Cl2FN3O3/c1-13-6-5-7-18(29-14(2)31)24(13)30-21-9-8-15(12-28-21)17(27)10-16-22(25)19(32-3)11-20(33-4)23(16)26/h5-12H,1-4H3,(H,28,30)(H,29,31)/b17-10-. The molecular weight excluding hydrogens is 468 g/mol. The third-order valence-electron chi connectivity index (χ3n) is 4.75. The SMILES string of the molecule is COc1cc(OC)c(Cl)c(/C=C(\F)c2ccc(Nc3c(C)cccc3NC(C)=O)nc2)c1Cl. The fraction of sp³-hybridized carbons (Fsp3) is 0.167. The van der Waals surface area contributed by atoms with Gasteiger partial charge in [-0.3, -0.25) is 4.79 Å². The molecule has 2 N–H and O–H groups in total. The Kier molecular flexibility index (Phi) is 7.79. The lowest BCUT2D eigenvalue weighted by Crippen LogP contribution is -2.09. The van der Waals surface area contributed by atoms with Crippen LogP contribution < -0.4 is 20.1 Å². The number of rotatable bonds is 7. The van der Waals surface area contributed by atoms with Crippen LogP contribution in [0.25, 0.3) is 11.9 Å². The minimum atomic E-state index is -0.594. The highest BCUT2D eigenvalue weighted by Crippen LogP contribution is 2.42. The number of ether oxygens (including phenoxy) is 2. The second-order valence-corrected chi connectivity index (χ2v) is 7.81. The first-order valence-electron chi connectivity index (χ1n) is 9.83. The number of nitrogens with one attached hydrogen (secondary N) is 2. The van der Waals surface area contributed by atoms with Crippen molar-refractivity contribution in [1.82, 2.24) is 4.98 Å². The minimum absolute atomic E-state index is 0.162. The Morgan fingerprint density at radius 3 is 2.30 bits per heavy atom. The van der Waals surface area contributed by atoms with Gasteiger partial charge >= 0.3 is 0 Å². The van der Waals surface area contributed by atoms with E-state index in [-0.39, 0.29) is 27.1 Å². The van der Waals surface area contributed by atoms with Gasteiger partial charge in [-0.1, -0.05) is 35.3 Å². The lowest BCUT2D eigenvalue weighted by atomic mass is 10.1. The molecule has 1 heterocycles. The Hall–Kier alpha value is -3.29. The fourth-order valence-corrected chi connectivity index (χ4v) is 3.72. The van der Waals surface area contributed by atoms with Crippen molar-refractivity contribution in [3.8, 4) is 11.5 Å². The maximum atomic E-state index is 15.0. The summed E-state index contributed by atoms with van der Waals surface area (Å²) in [6.45, 7) is 3.34. The Morgan fingerprint density at radius 1 is 1.09 bits per heavy atom. The van der Waals surface area contributed by atoms with E-state index in [2.05, 4.69) is 15.6 Å². The number of para-hydroxylation sites is 1. The van der Waals surface area contributed by atoms with Crippen LogP contribution in [0, 0.1) is 6.92 Å². The number of amides is 1. The Morgan fingerprint density at radius 2 is 1.76 bits per heavy atom. The van der Waals surface area contributed by atoms with E-state index in [0.717, 1.165) is 5.56 Å². The van der Waals surface area contributed by atoms with Gasteiger partial charge in [0.25, 0.3) is 0 Å². The Bertz CT molecular complexity index is 1190. The first-order valence-corrected chi connectivity index (χ1v) is 10.6. The third kappa shape index (κ3) is 5.56. The predicted molar refractivity (Wildman–Crippen MR) is 132 cm³/mol. The molecule has 3 aromatic rings. The summed E-state index contributed by atoms with van der Waals surface area (Å²) in [5.41, 5.74) is 2.69. The van der Waals surface area contributed by atoms with Gasteiger partial charge in [-0.2, -0.15) is 0 Å². The number of methoxy groups -OCH3 is 2. The molecule has 0 atom stereocenters. The summed E-state index contributed by atoms with van der Waals surface area (Å²) < 4.78 is 25.5. The van der Waals surface area contributed by atoms with Crippen molar-refractivity contribution in [3.63, 3.8) is 0 Å². The van der Waals surface area contributed by atoms with E-state index < -0.39 is 5.83 Å². The molecular formula is C24H22Cl2FN3O3. The highest BCUT2D eigenvalue weighted by atomic mass is 35.5. The number of pyridine rings is 1. The van der Waals surface area contributed by atoms with Crippen LogP contribution in [0.2, 0.25) is 10.0 Å². The van der Waals surface area contributed by atoms with Gasteiger partial charge in [0.1, 0.15) is 23.1 Å². The topological polar surface area (TPSA) is 72.5 Å². The van der Waals surface area contributed by atoms with Crippen molar-refractivity contribution < 1.29 is 18.7 Å². The number of hydrogen-bond donors (Lipinski definition) is 2. The van der Waals surface area contributed by atoms with E-state index in [1.807, 2.05) is 19.1 Å². The zero-order valence-corrected chi connectivity index (χ0v) is 19.9. The molecule has 172 valence electrons. The molecule has 9 heteroatoms. The lowest BCUT2D eigenvalue weighted by molar-refractivity contribution is -0.114. The number of aryl methyl sites for hydroxylation is 1. The molecule has 33 heavy (non-hydrogen) atoms. The molecule has 0 saturated carbocycles. The van der Waals surface area contributed by atoms with Crippen LogP contribution >= 0.6 is 23.2 Å². The number of benzene rings is 2. The van der Waals surface area contributed by atoms with E-state index in [9.17, 15) is 4.79 Å². The molecule has 0 spiro atoms. The summed E-state index contributed by atoms with van der Waals surface area (Å²) in [7, 11) is 2.89. The third-order valence-corrected chi connectivity index (χ3v) is 5.53. The van der Waals surface area contributed by atoms with Crippen molar-refractivity contribution in [1.29, 1.82) is 0 Å². The van der Waals surface area contributed by atoms with Crippen molar-refractivity contribution in [2.24, 2.45) is 0 Å². The Balaban J connectivity index is 1.90. The molecule has 1 amide bonds. The Labute approximate surface area is 201 Å². The number of carbonyl (C=O) groups excluding carboxylic acids is 1. The van der Waals surface area contributed by atoms with Gasteiger partial charge < -0.3 is 20.1 Å². The van der Waals surface area contributed by atoms with Crippen LogP contribution in [0.1, 0.15) is 23.6 Å². The summed E-state index contributed by atoms with van der Waals surface area (Å²) in [6.07, 6.45) is 2.58. The number of carbonyl (C=O) groups is 1. The maximum absolute atomic E-state index is 15.0. The van der Waals surface area contributed by atoms with E-state index >= 15 is 4.39 Å². The molecule has 0 saturated heterocycles. The maximum Gasteiger partial charge on any atom is 0.221 e. The smallest absolute Gasteiger partial charge is 0.221 e. The van der Waals surface area contributed by atoms with Crippen molar-refractivity contribution >= 4 is 58.2 Å². The van der Waals surface area contributed by atoms with Gasteiger partial charge in [0.05, 0.1) is 35.6 Å². The largest absolute Gasteiger partial charge is 0.495 e. The number of hydrogen-bond acceptors (Lipinski definition) is 5. The molecule has 0 unspecified atom stereocenters. The minimum Gasteiger partial charge on any atom is -0.495 e. The van der Waals surface area contributed by atoms with Crippen molar-refractivity contribution in [2.75, 3.05) is 24.9 Å². The molecule has 1 aromatic heterocycles. The van der Waals surface area contributed by atoms with Crippen molar-refractivity contribution in [3.05, 3.63) is 69.3 Å². The first-order chi connectivity index (χ1) is 15.7. The molecule has 3 rings (SSSR count). The summed E-state index contributed by atoms with van der Waals surface area (Å²) in [5, 5.41) is 6.27. The average Bonchev–Trinajstić information content (AvgIpc) is 2.79. The van der Waals surface area contributed by atoms with E-state index in [0.29, 0.717) is 28.7 Å². The number of anilines is 3.